The molecule has 23 heavy (non-hydrogen) atoms. The molecular formula is C16H14ClN3O3. The molecule has 6 nitrogen and oxygen atoms in total. The highest BCUT2D eigenvalue weighted by molar-refractivity contribution is 6.30. The fourth-order valence-corrected chi connectivity index (χ4v) is 2.57. The fourth-order valence-electron chi connectivity index (χ4n) is 2.39. The Kier molecular flexibility index (Phi) is 3.53. The molecule has 1 aliphatic carbocycles. The molecule has 1 saturated carbocycles. The zero-order valence-electron chi connectivity index (χ0n) is 12.2. The van der Waals surface area contributed by atoms with E-state index in [2.05, 4.69) is 15.5 Å². The van der Waals surface area contributed by atoms with Gasteiger partial charge in [-0.3, -0.25) is 4.79 Å². The van der Waals surface area contributed by atoms with Gasteiger partial charge < -0.3 is 14.6 Å². The number of fused-ring (bicyclic) bond motifs is 1. The quantitative estimate of drug-likeness (QED) is 0.932. The van der Waals surface area contributed by atoms with E-state index in [0.29, 0.717) is 28.2 Å². The van der Waals surface area contributed by atoms with Crippen molar-refractivity contribution in [1.82, 2.24) is 15.5 Å². The van der Waals surface area contributed by atoms with Crippen LogP contribution in [-0.4, -0.2) is 22.7 Å². The van der Waals surface area contributed by atoms with Crippen LogP contribution in [0.1, 0.15) is 36.0 Å². The number of halogens is 1. The van der Waals surface area contributed by atoms with Crippen molar-refractivity contribution in [1.29, 1.82) is 0 Å². The van der Waals surface area contributed by atoms with Crippen LogP contribution in [0.3, 0.4) is 0 Å². The minimum atomic E-state index is -0.214. The lowest BCUT2D eigenvalue weighted by Crippen LogP contribution is -2.28. The second-order valence-electron chi connectivity index (χ2n) is 5.65. The Morgan fingerprint density at radius 2 is 2.26 bits per heavy atom. The van der Waals surface area contributed by atoms with Crippen LogP contribution < -0.4 is 10.1 Å². The Labute approximate surface area is 137 Å². The van der Waals surface area contributed by atoms with Crippen molar-refractivity contribution in [2.75, 3.05) is 6.61 Å². The molecule has 1 aromatic carbocycles. The highest BCUT2D eigenvalue weighted by atomic mass is 35.5. The topological polar surface area (TPSA) is 77.3 Å². The van der Waals surface area contributed by atoms with Crippen LogP contribution in [0.2, 0.25) is 5.02 Å². The van der Waals surface area contributed by atoms with Gasteiger partial charge in [-0.1, -0.05) is 16.8 Å². The molecule has 1 aliphatic heterocycles. The maximum Gasteiger partial charge on any atom is 0.251 e. The fraction of sp³-hybridized carbons (Fsp3) is 0.312. The number of hydrogen-bond acceptors (Lipinski definition) is 5. The normalized spacial score (nSPS) is 16.3. The van der Waals surface area contributed by atoms with Crippen molar-refractivity contribution < 1.29 is 14.1 Å². The van der Waals surface area contributed by atoms with Crippen molar-refractivity contribution in [2.24, 2.45) is 0 Å². The van der Waals surface area contributed by atoms with E-state index >= 15 is 0 Å². The summed E-state index contributed by atoms with van der Waals surface area (Å²) >= 11 is 5.97. The molecule has 0 radical (unpaired) electrons. The van der Waals surface area contributed by atoms with Gasteiger partial charge in [0.25, 0.3) is 5.91 Å². The number of ether oxygens (including phenoxy) is 1. The van der Waals surface area contributed by atoms with Crippen molar-refractivity contribution in [2.45, 2.75) is 25.3 Å². The lowest BCUT2D eigenvalue weighted by molar-refractivity contribution is -0.118. The average Bonchev–Trinajstić information content (AvgIpc) is 3.30. The summed E-state index contributed by atoms with van der Waals surface area (Å²) in [5.74, 6) is 2.06. The zero-order chi connectivity index (χ0) is 15.8. The molecule has 1 aromatic heterocycles. The molecule has 7 heteroatoms. The van der Waals surface area contributed by atoms with E-state index in [4.69, 9.17) is 20.9 Å². The Hall–Kier alpha value is -2.34. The molecule has 0 unspecified atom stereocenters. The van der Waals surface area contributed by atoms with Crippen LogP contribution in [0.5, 0.6) is 5.75 Å². The van der Waals surface area contributed by atoms with Gasteiger partial charge in [0.15, 0.2) is 5.82 Å². The summed E-state index contributed by atoms with van der Waals surface area (Å²) in [6.45, 7) is 0.453. The molecule has 1 amide bonds. The molecule has 2 aromatic rings. The smallest absolute Gasteiger partial charge is 0.251 e. The summed E-state index contributed by atoms with van der Waals surface area (Å²) < 4.78 is 10.7. The molecular weight excluding hydrogens is 318 g/mol. The Balaban J connectivity index is 1.42. The third-order valence-electron chi connectivity index (χ3n) is 3.79. The Morgan fingerprint density at radius 1 is 1.39 bits per heavy atom. The monoisotopic (exact) mass is 331 g/mol. The number of rotatable bonds is 4. The number of amides is 1. The van der Waals surface area contributed by atoms with Gasteiger partial charge in [0.1, 0.15) is 12.4 Å². The van der Waals surface area contributed by atoms with Crippen LogP contribution in [0.25, 0.3) is 6.08 Å². The number of nitrogens with one attached hydrogen (secondary N) is 1. The Morgan fingerprint density at radius 3 is 3.09 bits per heavy atom. The van der Waals surface area contributed by atoms with Crippen molar-refractivity contribution in [3.05, 3.63) is 46.1 Å². The molecule has 1 fully saturated rings. The van der Waals surface area contributed by atoms with Gasteiger partial charge >= 0.3 is 0 Å². The number of nitrogens with zero attached hydrogens (tertiary/aromatic N) is 2. The van der Waals surface area contributed by atoms with Gasteiger partial charge in [0.2, 0.25) is 5.89 Å². The second kappa shape index (κ2) is 5.70. The van der Waals surface area contributed by atoms with E-state index in [1.54, 1.807) is 24.3 Å². The van der Waals surface area contributed by atoms with Gasteiger partial charge in [-0.15, -0.1) is 0 Å². The molecule has 2 aliphatic rings. The minimum Gasteiger partial charge on any atom is -0.488 e. The van der Waals surface area contributed by atoms with E-state index in [9.17, 15) is 4.79 Å². The maximum absolute atomic E-state index is 12.2. The number of hydrogen-bond donors (Lipinski definition) is 1. The van der Waals surface area contributed by atoms with Gasteiger partial charge in [-0.05, 0) is 37.1 Å². The SMILES string of the molecule is O=C(NCc1noc(C2CC2)n1)C1=Cc2cc(Cl)ccc2OC1. The molecule has 2 heterocycles. The van der Waals surface area contributed by atoms with Gasteiger partial charge in [0.05, 0.1) is 12.1 Å². The highest BCUT2D eigenvalue weighted by Crippen LogP contribution is 2.38. The Bertz CT molecular complexity index is 796. The number of benzene rings is 1. The van der Waals surface area contributed by atoms with Crippen LogP contribution in [-0.2, 0) is 11.3 Å². The minimum absolute atomic E-state index is 0.214. The average molecular weight is 332 g/mol. The predicted octanol–water partition coefficient (Wildman–Crippen LogP) is 2.69. The molecule has 1 N–H and O–H groups in total. The zero-order valence-corrected chi connectivity index (χ0v) is 13.0. The summed E-state index contributed by atoms with van der Waals surface area (Å²) in [7, 11) is 0. The van der Waals surface area contributed by atoms with E-state index in [-0.39, 0.29) is 19.1 Å². The van der Waals surface area contributed by atoms with Crippen molar-refractivity contribution in [3.8, 4) is 5.75 Å². The highest BCUT2D eigenvalue weighted by Gasteiger charge is 2.29. The van der Waals surface area contributed by atoms with E-state index in [0.717, 1.165) is 24.2 Å². The third-order valence-corrected chi connectivity index (χ3v) is 4.03. The van der Waals surface area contributed by atoms with Crippen LogP contribution >= 0.6 is 11.6 Å². The molecule has 118 valence electrons. The molecule has 0 spiro atoms. The van der Waals surface area contributed by atoms with Crippen molar-refractivity contribution in [3.63, 3.8) is 0 Å². The lowest BCUT2D eigenvalue weighted by Gasteiger charge is -2.17. The van der Waals surface area contributed by atoms with Crippen LogP contribution in [0.15, 0.2) is 28.3 Å². The number of aromatic nitrogens is 2. The number of carbonyl (C=O) groups is 1. The largest absolute Gasteiger partial charge is 0.488 e. The molecule has 0 atom stereocenters. The number of carbonyl (C=O) groups excluding carboxylic acids is 1. The molecule has 0 bridgehead atoms. The molecule has 0 saturated heterocycles. The summed E-state index contributed by atoms with van der Waals surface area (Å²) in [6, 6.07) is 5.32. The van der Waals surface area contributed by atoms with Crippen LogP contribution in [0.4, 0.5) is 0 Å². The first-order chi connectivity index (χ1) is 11.2. The summed E-state index contributed by atoms with van der Waals surface area (Å²) in [5.41, 5.74) is 1.33. The van der Waals surface area contributed by atoms with Crippen molar-refractivity contribution >= 4 is 23.6 Å². The van der Waals surface area contributed by atoms with E-state index < -0.39 is 0 Å². The first-order valence-electron chi connectivity index (χ1n) is 7.42. The third kappa shape index (κ3) is 3.07. The summed E-state index contributed by atoms with van der Waals surface area (Å²) in [4.78, 5) is 16.5. The standard InChI is InChI=1S/C16H14ClN3O3/c17-12-3-4-13-10(6-12)5-11(8-22-13)15(21)18-7-14-19-16(23-20-14)9-1-2-9/h3-6,9H,1-2,7-8H2,(H,18,21). The van der Waals surface area contributed by atoms with Crippen LogP contribution in [0, 0.1) is 0 Å². The van der Waals surface area contributed by atoms with Gasteiger partial charge in [-0.25, -0.2) is 0 Å². The second-order valence-corrected chi connectivity index (χ2v) is 6.08. The maximum atomic E-state index is 12.2. The van der Waals surface area contributed by atoms with E-state index in [1.807, 2.05) is 0 Å². The van der Waals surface area contributed by atoms with Gasteiger partial charge in [-0.2, -0.15) is 4.98 Å². The first kappa shape index (κ1) is 14.3. The van der Waals surface area contributed by atoms with Gasteiger partial charge in [0, 0.05) is 16.5 Å². The lowest BCUT2D eigenvalue weighted by atomic mass is 10.1. The predicted molar refractivity (Wildman–Crippen MR) is 83.0 cm³/mol. The summed E-state index contributed by atoms with van der Waals surface area (Å²) in [5, 5.41) is 7.26. The molecule has 4 rings (SSSR count). The summed E-state index contributed by atoms with van der Waals surface area (Å²) in [6.07, 6.45) is 3.98. The first-order valence-corrected chi connectivity index (χ1v) is 7.80. The van der Waals surface area contributed by atoms with E-state index in [1.165, 1.54) is 0 Å².